The Hall–Kier alpha value is -1.39. The minimum atomic E-state index is -0.172. The van der Waals surface area contributed by atoms with Crippen LogP contribution < -0.4 is 10.5 Å². The lowest BCUT2D eigenvalue weighted by Gasteiger charge is -2.34. The van der Waals surface area contributed by atoms with Gasteiger partial charge in [0.25, 0.3) is 5.56 Å². The molecule has 0 saturated carbocycles. The molecule has 1 aromatic rings. The first-order chi connectivity index (χ1) is 8.22. The van der Waals surface area contributed by atoms with Crippen molar-refractivity contribution in [3.05, 3.63) is 21.2 Å². The Bertz CT molecular complexity index is 486. The molecule has 0 aromatic carbocycles. The highest BCUT2D eigenvalue weighted by Gasteiger charge is 2.20. The summed E-state index contributed by atoms with van der Waals surface area (Å²) in [5.74, 6) is 0.672. The molecule has 0 radical (unpaired) electrons. The fourth-order valence-electron chi connectivity index (χ4n) is 1.81. The van der Waals surface area contributed by atoms with Gasteiger partial charge in [-0.05, 0) is 15.9 Å². The third kappa shape index (κ3) is 2.65. The molecule has 1 aromatic heterocycles. The first kappa shape index (κ1) is 12.1. The van der Waals surface area contributed by atoms with Gasteiger partial charge in [-0.15, -0.1) is 0 Å². The molecule has 1 fully saturated rings. The van der Waals surface area contributed by atoms with E-state index in [0.29, 0.717) is 16.8 Å². The van der Waals surface area contributed by atoms with Gasteiger partial charge in [0, 0.05) is 26.2 Å². The number of aromatic nitrogens is 2. The largest absolute Gasteiger partial charge is 0.353 e. The molecule has 1 N–H and O–H groups in total. The van der Waals surface area contributed by atoms with E-state index in [1.165, 1.54) is 6.33 Å². The summed E-state index contributed by atoms with van der Waals surface area (Å²) in [6, 6.07) is 2.14. The van der Waals surface area contributed by atoms with Gasteiger partial charge in [-0.25, -0.2) is 4.98 Å². The zero-order valence-electron chi connectivity index (χ0n) is 9.19. The Morgan fingerprint density at radius 2 is 2.18 bits per heavy atom. The highest BCUT2D eigenvalue weighted by Crippen LogP contribution is 2.20. The summed E-state index contributed by atoms with van der Waals surface area (Å²) in [6.07, 6.45) is 1.41. The maximum Gasteiger partial charge on any atom is 0.267 e. The van der Waals surface area contributed by atoms with Gasteiger partial charge in [-0.1, -0.05) is 0 Å². The van der Waals surface area contributed by atoms with E-state index >= 15 is 0 Å². The molecule has 7 heteroatoms. The molecule has 17 heavy (non-hydrogen) atoms. The monoisotopic (exact) mass is 297 g/mol. The molecule has 1 aliphatic heterocycles. The van der Waals surface area contributed by atoms with Crippen molar-refractivity contribution in [3.8, 4) is 6.07 Å². The molecule has 1 saturated heterocycles. The molecule has 2 heterocycles. The first-order valence-corrected chi connectivity index (χ1v) is 6.09. The summed E-state index contributed by atoms with van der Waals surface area (Å²) in [5, 5.41) is 8.61. The zero-order valence-corrected chi connectivity index (χ0v) is 10.8. The van der Waals surface area contributed by atoms with Crippen LogP contribution in [0.5, 0.6) is 0 Å². The lowest BCUT2D eigenvalue weighted by atomic mass is 10.3. The summed E-state index contributed by atoms with van der Waals surface area (Å²) < 4.78 is 0.466. The number of aromatic amines is 1. The molecule has 0 aliphatic carbocycles. The third-order valence-corrected chi connectivity index (χ3v) is 3.46. The Labute approximate surface area is 107 Å². The van der Waals surface area contributed by atoms with Crippen LogP contribution in [0.3, 0.4) is 0 Å². The van der Waals surface area contributed by atoms with E-state index in [2.05, 4.69) is 36.9 Å². The number of nitrogens with one attached hydrogen (secondary N) is 1. The van der Waals surface area contributed by atoms with E-state index in [0.717, 1.165) is 26.2 Å². The topological polar surface area (TPSA) is 76.0 Å². The number of hydrogen-bond donors (Lipinski definition) is 1. The lowest BCUT2D eigenvalue weighted by Crippen LogP contribution is -2.47. The molecule has 2 rings (SSSR count). The fraction of sp³-hybridized carbons (Fsp3) is 0.500. The Balaban J connectivity index is 2.09. The van der Waals surface area contributed by atoms with Crippen LogP contribution in [0.4, 0.5) is 5.82 Å². The second-order valence-corrected chi connectivity index (χ2v) is 4.58. The summed E-state index contributed by atoms with van der Waals surface area (Å²) in [4.78, 5) is 22.2. The molecule has 90 valence electrons. The van der Waals surface area contributed by atoms with E-state index in [1.807, 2.05) is 4.90 Å². The average molecular weight is 298 g/mol. The Kier molecular flexibility index (Phi) is 3.76. The van der Waals surface area contributed by atoms with E-state index in [4.69, 9.17) is 5.26 Å². The van der Waals surface area contributed by atoms with E-state index < -0.39 is 0 Å². The predicted octanol–water partition coefficient (Wildman–Crippen LogP) is 0.178. The first-order valence-electron chi connectivity index (χ1n) is 5.30. The maximum absolute atomic E-state index is 11.4. The molecule has 6 nitrogen and oxygen atoms in total. The van der Waals surface area contributed by atoms with Crippen LogP contribution in [-0.2, 0) is 0 Å². The van der Waals surface area contributed by atoms with Crippen LogP contribution in [0.1, 0.15) is 0 Å². The molecule has 0 atom stereocenters. The summed E-state index contributed by atoms with van der Waals surface area (Å²) in [5.41, 5.74) is -0.172. The number of nitriles is 1. The van der Waals surface area contributed by atoms with Gasteiger partial charge in [-0.2, -0.15) is 5.26 Å². The van der Waals surface area contributed by atoms with Crippen molar-refractivity contribution in [1.82, 2.24) is 14.9 Å². The van der Waals surface area contributed by atoms with Crippen molar-refractivity contribution in [2.24, 2.45) is 0 Å². The fourth-order valence-corrected chi connectivity index (χ4v) is 2.28. The van der Waals surface area contributed by atoms with Gasteiger partial charge in [0.05, 0.1) is 18.9 Å². The Morgan fingerprint density at radius 1 is 1.47 bits per heavy atom. The van der Waals surface area contributed by atoms with Crippen molar-refractivity contribution < 1.29 is 0 Å². The van der Waals surface area contributed by atoms with Gasteiger partial charge in [-0.3, -0.25) is 9.69 Å². The number of nitrogens with zero attached hydrogens (tertiary/aromatic N) is 4. The molecular weight excluding hydrogens is 286 g/mol. The third-order valence-electron chi connectivity index (χ3n) is 2.74. The highest BCUT2D eigenvalue weighted by atomic mass is 79.9. The van der Waals surface area contributed by atoms with Crippen molar-refractivity contribution >= 4 is 21.7 Å². The Morgan fingerprint density at radius 3 is 2.82 bits per heavy atom. The van der Waals surface area contributed by atoms with Crippen molar-refractivity contribution in [2.45, 2.75) is 0 Å². The number of piperazine rings is 1. The summed E-state index contributed by atoms with van der Waals surface area (Å²) >= 11 is 3.25. The van der Waals surface area contributed by atoms with Crippen LogP contribution in [0.2, 0.25) is 0 Å². The van der Waals surface area contributed by atoms with E-state index in [-0.39, 0.29) is 5.56 Å². The van der Waals surface area contributed by atoms with Crippen LogP contribution in [0.25, 0.3) is 0 Å². The van der Waals surface area contributed by atoms with Crippen molar-refractivity contribution in [2.75, 3.05) is 37.6 Å². The number of anilines is 1. The summed E-state index contributed by atoms with van der Waals surface area (Å²) in [7, 11) is 0. The minimum absolute atomic E-state index is 0.172. The minimum Gasteiger partial charge on any atom is -0.353 e. The molecule has 0 unspecified atom stereocenters. The van der Waals surface area contributed by atoms with Crippen molar-refractivity contribution in [1.29, 1.82) is 5.26 Å². The lowest BCUT2D eigenvalue weighted by molar-refractivity contribution is 0.286. The van der Waals surface area contributed by atoms with Gasteiger partial charge < -0.3 is 9.88 Å². The standard InChI is InChI=1S/C10H12BrN5O/c11-8-9(13-7-14-10(8)17)16-5-3-15(2-1-12)4-6-16/h7H,2-6H2,(H,13,14,17). The average Bonchev–Trinajstić information content (AvgIpc) is 2.34. The molecular formula is C10H12BrN5O. The second kappa shape index (κ2) is 5.29. The molecule has 0 amide bonds. The smallest absolute Gasteiger partial charge is 0.267 e. The van der Waals surface area contributed by atoms with E-state index in [9.17, 15) is 4.79 Å². The SMILES string of the molecule is N#CCN1CCN(c2nc[nH]c(=O)c2Br)CC1. The zero-order chi connectivity index (χ0) is 12.3. The van der Waals surface area contributed by atoms with Crippen LogP contribution in [-0.4, -0.2) is 47.6 Å². The highest BCUT2D eigenvalue weighted by molar-refractivity contribution is 9.10. The number of rotatable bonds is 2. The second-order valence-electron chi connectivity index (χ2n) is 3.79. The molecule has 0 bridgehead atoms. The van der Waals surface area contributed by atoms with Gasteiger partial charge in [0.2, 0.25) is 0 Å². The van der Waals surface area contributed by atoms with E-state index in [1.54, 1.807) is 0 Å². The number of hydrogen-bond acceptors (Lipinski definition) is 5. The van der Waals surface area contributed by atoms with Crippen molar-refractivity contribution in [3.63, 3.8) is 0 Å². The molecule has 1 aliphatic rings. The number of halogens is 1. The van der Waals surface area contributed by atoms with Gasteiger partial charge in [0.1, 0.15) is 10.3 Å². The van der Waals surface area contributed by atoms with Crippen LogP contribution >= 0.6 is 15.9 Å². The van der Waals surface area contributed by atoms with Crippen LogP contribution in [0.15, 0.2) is 15.6 Å². The normalized spacial score (nSPS) is 16.8. The number of H-pyrrole nitrogens is 1. The predicted molar refractivity (Wildman–Crippen MR) is 66.8 cm³/mol. The quantitative estimate of drug-likeness (QED) is 0.788. The summed E-state index contributed by atoms with van der Waals surface area (Å²) in [6.45, 7) is 3.63. The molecule has 0 spiro atoms. The van der Waals surface area contributed by atoms with Gasteiger partial charge in [0.15, 0.2) is 0 Å². The van der Waals surface area contributed by atoms with Crippen LogP contribution in [0, 0.1) is 11.3 Å². The van der Waals surface area contributed by atoms with Gasteiger partial charge >= 0.3 is 0 Å². The maximum atomic E-state index is 11.4.